The van der Waals surface area contributed by atoms with Gasteiger partial charge in [0.15, 0.2) is 0 Å². The lowest BCUT2D eigenvalue weighted by Crippen LogP contribution is -2.46. The van der Waals surface area contributed by atoms with Gasteiger partial charge in [-0.1, -0.05) is 19.1 Å². The zero-order valence-electron chi connectivity index (χ0n) is 11.2. The van der Waals surface area contributed by atoms with Gasteiger partial charge in [0, 0.05) is 18.7 Å². The van der Waals surface area contributed by atoms with Gasteiger partial charge in [0.25, 0.3) is 0 Å². The van der Waals surface area contributed by atoms with Crippen LogP contribution in [0, 0.1) is 11.3 Å². The second-order valence-electron chi connectivity index (χ2n) is 6.57. The van der Waals surface area contributed by atoms with E-state index < -0.39 is 0 Å². The molecule has 3 aliphatic rings. The van der Waals surface area contributed by atoms with Crippen molar-refractivity contribution in [2.24, 2.45) is 18.4 Å². The minimum atomic E-state index is 0.366. The van der Waals surface area contributed by atoms with Crippen molar-refractivity contribution in [1.82, 2.24) is 15.0 Å². The smallest absolute Gasteiger partial charge is 0.0888 e. The third kappa shape index (κ3) is 1.54. The molecule has 17 heavy (non-hydrogen) atoms. The molecule has 3 heteroatoms. The maximum Gasteiger partial charge on any atom is 0.0888 e. The quantitative estimate of drug-likeness (QED) is 0.786. The molecular formula is C14H23N3. The molecule has 0 atom stereocenters. The van der Waals surface area contributed by atoms with E-state index in [0.717, 1.165) is 5.92 Å². The number of nitrogens with zero attached hydrogens (tertiary/aromatic N) is 3. The van der Waals surface area contributed by atoms with Crippen LogP contribution in [0.2, 0.25) is 0 Å². The number of rotatable bonds is 2. The van der Waals surface area contributed by atoms with Crippen molar-refractivity contribution >= 4 is 0 Å². The fourth-order valence-corrected chi connectivity index (χ4v) is 4.06. The van der Waals surface area contributed by atoms with Crippen LogP contribution in [0.15, 0.2) is 6.20 Å². The van der Waals surface area contributed by atoms with Gasteiger partial charge in [-0.3, -0.25) is 4.68 Å². The molecule has 1 aromatic heterocycles. The molecule has 0 radical (unpaired) electrons. The van der Waals surface area contributed by atoms with Crippen molar-refractivity contribution in [2.75, 3.05) is 0 Å². The summed E-state index contributed by atoms with van der Waals surface area (Å²) in [6.45, 7) is 4.81. The molecule has 3 saturated carbocycles. The van der Waals surface area contributed by atoms with Crippen LogP contribution in [0.1, 0.15) is 58.1 Å². The third-order valence-corrected chi connectivity index (χ3v) is 5.68. The highest BCUT2D eigenvalue weighted by atomic mass is 15.4. The summed E-state index contributed by atoms with van der Waals surface area (Å²) in [5.41, 5.74) is 2.26. The zero-order valence-corrected chi connectivity index (χ0v) is 11.2. The average molecular weight is 233 g/mol. The Hall–Kier alpha value is -0.860. The van der Waals surface area contributed by atoms with Crippen molar-refractivity contribution in [3.63, 3.8) is 0 Å². The van der Waals surface area contributed by atoms with Crippen LogP contribution in [-0.4, -0.2) is 15.0 Å². The first kappa shape index (κ1) is 11.2. The lowest BCUT2D eigenvalue weighted by atomic mass is 9.50. The molecule has 1 heterocycles. The Balaban J connectivity index is 1.86. The van der Waals surface area contributed by atoms with E-state index in [2.05, 4.69) is 30.4 Å². The number of fused-ring (bicyclic) bond motifs is 3. The molecule has 3 fully saturated rings. The SMILES string of the molecule is CC(C)C12CCC(c3cn(C)nn3)(CC1)CC2. The first-order valence-electron chi connectivity index (χ1n) is 6.93. The van der Waals surface area contributed by atoms with Crippen molar-refractivity contribution in [3.8, 4) is 0 Å². The summed E-state index contributed by atoms with van der Waals surface area (Å²) < 4.78 is 1.85. The highest BCUT2D eigenvalue weighted by Gasteiger charge is 2.51. The number of aromatic nitrogens is 3. The molecule has 1 aromatic rings. The molecule has 0 spiro atoms. The van der Waals surface area contributed by atoms with Gasteiger partial charge in [-0.15, -0.1) is 5.10 Å². The van der Waals surface area contributed by atoms with Crippen LogP contribution >= 0.6 is 0 Å². The van der Waals surface area contributed by atoms with Crippen molar-refractivity contribution < 1.29 is 0 Å². The van der Waals surface area contributed by atoms with E-state index in [1.165, 1.54) is 44.2 Å². The zero-order chi connectivity index (χ0) is 12.1. The second-order valence-corrected chi connectivity index (χ2v) is 6.57. The minimum absolute atomic E-state index is 0.366. The van der Waals surface area contributed by atoms with Gasteiger partial charge >= 0.3 is 0 Å². The minimum Gasteiger partial charge on any atom is -0.255 e. The highest BCUT2D eigenvalue weighted by molar-refractivity contribution is 5.18. The largest absolute Gasteiger partial charge is 0.255 e. The lowest BCUT2D eigenvalue weighted by molar-refractivity contribution is 0.000163. The van der Waals surface area contributed by atoms with Crippen molar-refractivity contribution in [2.45, 2.75) is 57.8 Å². The molecule has 0 aliphatic heterocycles. The molecule has 4 rings (SSSR count). The Kier molecular flexibility index (Phi) is 2.36. The van der Waals surface area contributed by atoms with Gasteiger partial charge in [-0.25, -0.2) is 0 Å². The Labute approximate surface area is 104 Å². The summed E-state index contributed by atoms with van der Waals surface area (Å²) in [6, 6.07) is 0. The highest BCUT2D eigenvalue weighted by Crippen LogP contribution is 2.59. The molecule has 2 bridgehead atoms. The second kappa shape index (κ2) is 3.56. The average Bonchev–Trinajstić information content (AvgIpc) is 2.79. The molecule has 0 N–H and O–H groups in total. The van der Waals surface area contributed by atoms with E-state index in [9.17, 15) is 0 Å². The van der Waals surface area contributed by atoms with Gasteiger partial charge in [0.05, 0.1) is 5.69 Å². The predicted molar refractivity (Wildman–Crippen MR) is 67.7 cm³/mol. The topological polar surface area (TPSA) is 30.7 Å². The van der Waals surface area contributed by atoms with Gasteiger partial charge in [-0.05, 0) is 49.9 Å². The maximum absolute atomic E-state index is 4.39. The molecular weight excluding hydrogens is 210 g/mol. The molecule has 3 aliphatic carbocycles. The Morgan fingerprint density at radius 3 is 2.12 bits per heavy atom. The van der Waals surface area contributed by atoms with Crippen LogP contribution in [0.3, 0.4) is 0 Å². The molecule has 0 amide bonds. The lowest BCUT2D eigenvalue weighted by Gasteiger charge is -2.54. The monoisotopic (exact) mass is 233 g/mol. The fourth-order valence-electron chi connectivity index (χ4n) is 4.06. The van der Waals surface area contributed by atoms with Crippen LogP contribution in [-0.2, 0) is 12.5 Å². The molecule has 94 valence electrons. The van der Waals surface area contributed by atoms with Gasteiger partial charge in [0.2, 0.25) is 0 Å². The first-order chi connectivity index (χ1) is 8.06. The predicted octanol–water partition coefficient (Wildman–Crippen LogP) is 3.06. The van der Waals surface area contributed by atoms with E-state index in [4.69, 9.17) is 0 Å². The summed E-state index contributed by atoms with van der Waals surface area (Å²) in [7, 11) is 1.97. The number of hydrogen-bond acceptors (Lipinski definition) is 2. The summed E-state index contributed by atoms with van der Waals surface area (Å²) in [5, 5.41) is 8.51. The summed E-state index contributed by atoms with van der Waals surface area (Å²) >= 11 is 0. The third-order valence-electron chi connectivity index (χ3n) is 5.68. The molecule has 0 unspecified atom stereocenters. The van der Waals surface area contributed by atoms with Gasteiger partial charge < -0.3 is 0 Å². The van der Waals surface area contributed by atoms with E-state index in [1.54, 1.807) is 0 Å². The normalized spacial score (nSPS) is 36.7. The maximum atomic E-state index is 4.39. The van der Waals surface area contributed by atoms with Gasteiger partial charge in [0.1, 0.15) is 0 Å². The first-order valence-corrected chi connectivity index (χ1v) is 6.93. The van der Waals surface area contributed by atoms with E-state index in [0.29, 0.717) is 10.8 Å². The van der Waals surface area contributed by atoms with Crippen molar-refractivity contribution in [3.05, 3.63) is 11.9 Å². The van der Waals surface area contributed by atoms with Crippen LogP contribution < -0.4 is 0 Å². The fraction of sp³-hybridized carbons (Fsp3) is 0.857. The van der Waals surface area contributed by atoms with Crippen LogP contribution in [0.25, 0.3) is 0 Å². The van der Waals surface area contributed by atoms with Crippen LogP contribution in [0.5, 0.6) is 0 Å². The number of aryl methyl sites for hydroxylation is 1. The summed E-state index contributed by atoms with van der Waals surface area (Å²) in [6.07, 6.45) is 10.3. The molecule has 0 aromatic carbocycles. The van der Waals surface area contributed by atoms with E-state index >= 15 is 0 Å². The molecule has 0 saturated heterocycles. The van der Waals surface area contributed by atoms with E-state index in [-0.39, 0.29) is 0 Å². The van der Waals surface area contributed by atoms with Crippen molar-refractivity contribution in [1.29, 1.82) is 0 Å². The summed E-state index contributed by atoms with van der Waals surface area (Å²) in [5.74, 6) is 0.836. The Bertz CT molecular complexity index is 394. The van der Waals surface area contributed by atoms with Crippen LogP contribution in [0.4, 0.5) is 0 Å². The Morgan fingerprint density at radius 2 is 1.71 bits per heavy atom. The standard InChI is InChI=1S/C14H23N3/c1-11(2)13-4-7-14(8-5-13,9-6-13)12-10-17(3)16-15-12/h10-11H,4-9H2,1-3H3. The summed E-state index contributed by atoms with van der Waals surface area (Å²) in [4.78, 5) is 0. The molecule has 3 nitrogen and oxygen atoms in total. The Morgan fingerprint density at radius 1 is 1.12 bits per heavy atom. The van der Waals surface area contributed by atoms with Gasteiger partial charge in [-0.2, -0.15) is 0 Å². The van der Waals surface area contributed by atoms with E-state index in [1.807, 2.05) is 11.7 Å². The number of hydrogen-bond donors (Lipinski definition) is 0.